The summed E-state index contributed by atoms with van der Waals surface area (Å²) in [5.74, 6) is 0. The third kappa shape index (κ3) is 11.6. The number of rotatable bonds is 0. The van der Waals surface area contributed by atoms with Crippen LogP contribution in [0.1, 0.15) is 0 Å². The summed E-state index contributed by atoms with van der Waals surface area (Å²) >= 11 is 0. The van der Waals surface area contributed by atoms with Gasteiger partial charge in [0.25, 0.3) is 6.16 Å². The molecule has 48 valence electrons. The van der Waals surface area contributed by atoms with Gasteiger partial charge in [0, 0.05) is 0 Å². The van der Waals surface area contributed by atoms with Crippen molar-refractivity contribution in [3.8, 4) is 0 Å². The molecular weight excluding hydrogens is 152 g/mol. The minimum atomic E-state index is -5.14. The molecule has 0 radical (unpaired) electrons. The summed E-state index contributed by atoms with van der Waals surface area (Å²) in [5, 5.41) is 8.96. The van der Waals surface area contributed by atoms with Crippen LogP contribution in [-0.2, 0) is 4.74 Å². The first kappa shape index (κ1) is 11.8. The van der Waals surface area contributed by atoms with Gasteiger partial charge in [0.2, 0.25) is 0 Å². The SMILES string of the molecule is O=C([O-])OC(F)(F)F.[Na+]. The summed E-state index contributed by atoms with van der Waals surface area (Å²) in [7, 11) is 0. The van der Waals surface area contributed by atoms with Crippen molar-refractivity contribution in [3.05, 3.63) is 0 Å². The first-order valence-electron chi connectivity index (χ1n) is 1.38. The van der Waals surface area contributed by atoms with Crippen molar-refractivity contribution in [2.24, 2.45) is 0 Å². The topological polar surface area (TPSA) is 49.4 Å². The molecule has 0 unspecified atom stereocenters. The number of alkyl halides is 3. The van der Waals surface area contributed by atoms with E-state index in [0.717, 1.165) is 0 Å². The zero-order chi connectivity index (χ0) is 6.78. The molecule has 0 aliphatic rings. The normalized spacial score (nSPS) is 9.67. The van der Waals surface area contributed by atoms with Crippen molar-refractivity contribution in [1.82, 2.24) is 0 Å². The van der Waals surface area contributed by atoms with Gasteiger partial charge in [-0.15, -0.1) is 13.2 Å². The van der Waals surface area contributed by atoms with E-state index < -0.39 is 12.5 Å². The van der Waals surface area contributed by atoms with E-state index in [-0.39, 0.29) is 29.6 Å². The molecule has 0 heterocycles. The largest absolute Gasteiger partial charge is 1.00 e. The zero-order valence-corrected chi connectivity index (χ0v) is 6.36. The molecule has 9 heavy (non-hydrogen) atoms. The van der Waals surface area contributed by atoms with Crippen molar-refractivity contribution in [2.45, 2.75) is 6.36 Å². The Morgan fingerprint density at radius 1 is 1.44 bits per heavy atom. The maximum Gasteiger partial charge on any atom is 1.00 e. The predicted octanol–water partition coefficient (Wildman–Crippen LogP) is -3.13. The van der Waals surface area contributed by atoms with Gasteiger partial charge in [-0.1, -0.05) is 0 Å². The molecular formula is C2F3NaO3. The van der Waals surface area contributed by atoms with E-state index in [0.29, 0.717) is 0 Å². The van der Waals surface area contributed by atoms with Gasteiger partial charge in [-0.3, -0.25) is 0 Å². The van der Waals surface area contributed by atoms with E-state index in [9.17, 15) is 13.2 Å². The Morgan fingerprint density at radius 2 is 1.78 bits per heavy atom. The number of hydrogen-bond donors (Lipinski definition) is 0. The quantitative estimate of drug-likeness (QED) is 0.272. The van der Waals surface area contributed by atoms with Crippen LogP contribution in [0.5, 0.6) is 0 Å². The Labute approximate surface area is 70.1 Å². The maximum absolute atomic E-state index is 10.7. The predicted molar refractivity (Wildman–Crippen MR) is 12.5 cm³/mol. The van der Waals surface area contributed by atoms with Crippen LogP contribution in [0.4, 0.5) is 18.0 Å². The molecule has 0 aromatic heterocycles. The second-order valence-electron chi connectivity index (χ2n) is 0.798. The molecule has 0 saturated heterocycles. The van der Waals surface area contributed by atoms with Gasteiger partial charge in [0.05, 0.1) is 0 Å². The van der Waals surface area contributed by atoms with Crippen LogP contribution in [0.25, 0.3) is 0 Å². The van der Waals surface area contributed by atoms with Gasteiger partial charge in [-0.2, -0.15) is 0 Å². The molecule has 0 fully saturated rings. The number of halogens is 3. The molecule has 0 aliphatic heterocycles. The van der Waals surface area contributed by atoms with Crippen molar-refractivity contribution in [2.75, 3.05) is 0 Å². The van der Waals surface area contributed by atoms with E-state index in [1.807, 2.05) is 0 Å². The average molecular weight is 152 g/mol. The maximum atomic E-state index is 10.7. The van der Waals surface area contributed by atoms with Crippen LogP contribution in [0.3, 0.4) is 0 Å². The first-order chi connectivity index (χ1) is 3.42. The van der Waals surface area contributed by atoms with E-state index in [1.54, 1.807) is 0 Å². The van der Waals surface area contributed by atoms with Crippen molar-refractivity contribution in [1.29, 1.82) is 0 Å². The molecule has 0 atom stereocenters. The van der Waals surface area contributed by atoms with E-state index in [1.165, 1.54) is 0 Å². The standard InChI is InChI=1S/C2HF3O3.Na/c3-2(4,5)8-1(6)7;/h(H,6,7);/q;+1/p-1. The molecule has 0 aromatic rings. The molecule has 7 heteroatoms. The monoisotopic (exact) mass is 152 g/mol. The van der Waals surface area contributed by atoms with E-state index in [4.69, 9.17) is 9.90 Å². The zero-order valence-electron chi connectivity index (χ0n) is 4.36. The van der Waals surface area contributed by atoms with Crippen LogP contribution in [0.15, 0.2) is 0 Å². The van der Waals surface area contributed by atoms with Crippen molar-refractivity contribution in [3.63, 3.8) is 0 Å². The number of carbonyl (C=O) groups is 1. The molecule has 0 amide bonds. The van der Waals surface area contributed by atoms with Crippen LogP contribution in [0.2, 0.25) is 0 Å². The summed E-state index contributed by atoms with van der Waals surface area (Å²) in [6.07, 6.45) is -7.74. The third-order valence-electron chi connectivity index (χ3n) is 0.199. The Hall–Kier alpha value is 0.0600. The molecule has 0 spiro atoms. The Morgan fingerprint density at radius 3 is 1.78 bits per heavy atom. The van der Waals surface area contributed by atoms with Gasteiger partial charge >= 0.3 is 35.9 Å². The molecule has 0 aromatic carbocycles. The summed E-state index contributed by atoms with van der Waals surface area (Å²) in [4.78, 5) is 8.96. The second-order valence-corrected chi connectivity index (χ2v) is 0.798. The van der Waals surface area contributed by atoms with Crippen LogP contribution in [0, 0.1) is 0 Å². The molecule has 0 N–H and O–H groups in total. The number of carbonyl (C=O) groups excluding carboxylic acids is 1. The summed E-state index contributed by atoms with van der Waals surface area (Å²) < 4.78 is 34.2. The van der Waals surface area contributed by atoms with Gasteiger partial charge < -0.3 is 14.6 Å². The fraction of sp³-hybridized carbons (Fsp3) is 0.500. The van der Waals surface area contributed by atoms with Crippen molar-refractivity contribution >= 4 is 6.16 Å². The number of carboxylic acid groups (broad SMARTS) is 1. The Bertz CT molecular complexity index is 99.7. The van der Waals surface area contributed by atoms with Crippen LogP contribution in [-0.4, -0.2) is 12.5 Å². The molecule has 0 saturated carbocycles. The van der Waals surface area contributed by atoms with Crippen LogP contribution < -0.4 is 34.7 Å². The molecule has 3 nitrogen and oxygen atoms in total. The van der Waals surface area contributed by atoms with E-state index in [2.05, 4.69) is 4.74 Å². The fourth-order valence-electron chi connectivity index (χ4n) is 0.0945. The minimum Gasteiger partial charge on any atom is -0.463 e. The number of ether oxygens (including phenoxy) is 1. The summed E-state index contributed by atoms with van der Waals surface area (Å²) in [5.41, 5.74) is 0. The van der Waals surface area contributed by atoms with Gasteiger partial charge in [-0.25, -0.2) is 0 Å². The molecule has 0 bridgehead atoms. The first-order valence-corrected chi connectivity index (χ1v) is 1.38. The Balaban J connectivity index is 0. The van der Waals surface area contributed by atoms with E-state index >= 15 is 0 Å². The Kier molecular flexibility index (Phi) is 5.21. The number of hydrogen-bond acceptors (Lipinski definition) is 3. The summed E-state index contributed by atoms with van der Waals surface area (Å²) in [6, 6.07) is 0. The average Bonchev–Trinajstić information content (AvgIpc) is 1.21. The molecule has 0 rings (SSSR count). The second kappa shape index (κ2) is 3.97. The van der Waals surface area contributed by atoms with Gasteiger partial charge in [0.15, 0.2) is 0 Å². The van der Waals surface area contributed by atoms with Gasteiger partial charge in [-0.05, 0) is 0 Å². The smallest absolute Gasteiger partial charge is 0.463 e. The van der Waals surface area contributed by atoms with Gasteiger partial charge in [0.1, 0.15) is 0 Å². The minimum absolute atomic E-state index is 0. The third-order valence-corrected chi connectivity index (χ3v) is 0.199. The molecule has 0 aliphatic carbocycles. The van der Waals surface area contributed by atoms with Crippen molar-refractivity contribution < 1.29 is 57.4 Å². The fourth-order valence-corrected chi connectivity index (χ4v) is 0.0945. The van der Waals surface area contributed by atoms with Crippen LogP contribution >= 0.6 is 0 Å². The summed E-state index contributed by atoms with van der Waals surface area (Å²) in [6.45, 7) is 0.